The van der Waals surface area contributed by atoms with Crippen molar-refractivity contribution in [3.8, 4) is 11.8 Å². The van der Waals surface area contributed by atoms with Gasteiger partial charge in [-0.3, -0.25) is 14.5 Å². The van der Waals surface area contributed by atoms with Gasteiger partial charge in [-0.2, -0.15) is 5.26 Å². The predicted octanol–water partition coefficient (Wildman–Crippen LogP) is 5.59. The minimum absolute atomic E-state index is 0.00399. The Morgan fingerprint density at radius 3 is 2.34 bits per heavy atom. The van der Waals surface area contributed by atoms with Crippen LogP contribution in [0, 0.1) is 25.2 Å². The summed E-state index contributed by atoms with van der Waals surface area (Å²) in [6, 6.07) is 20.2. The zero-order valence-corrected chi connectivity index (χ0v) is 20.1. The van der Waals surface area contributed by atoms with E-state index in [1.807, 2.05) is 33.8 Å². The van der Waals surface area contributed by atoms with Crippen molar-refractivity contribution in [1.82, 2.24) is 0 Å². The number of hydrogen-bond acceptors (Lipinski definition) is 5. The third-order valence-electron chi connectivity index (χ3n) is 6.04. The van der Waals surface area contributed by atoms with E-state index in [-0.39, 0.29) is 17.4 Å². The highest BCUT2D eigenvalue weighted by Gasteiger charge is 2.47. The van der Waals surface area contributed by atoms with E-state index in [2.05, 4.69) is 6.07 Å². The summed E-state index contributed by atoms with van der Waals surface area (Å²) < 4.78 is 5.85. The lowest BCUT2D eigenvalue weighted by Crippen LogP contribution is -2.29. The number of Topliss-reactive ketones (excluding diaryl/α,β-unsaturated/α-hetero) is 1. The van der Waals surface area contributed by atoms with E-state index in [0.29, 0.717) is 28.1 Å². The summed E-state index contributed by atoms with van der Waals surface area (Å²) in [6.07, 6.45) is -0.0642. The molecule has 3 aromatic rings. The number of carbonyl (C=O) groups excluding carboxylic acids is 2. The van der Waals surface area contributed by atoms with Crippen LogP contribution in [0.5, 0.6) is 5.75 Å². The maximum absolute atomic E-state index is 13.3. The van der Waals surface area contributed by atoms with Gasteiger partial charge in [-0.15, -0.1) is 0 Å². The Kier molecular flexibility index (Phi) is 6.44. The van der Waals surface area contributed by atoms with E-state index >= 15 is 0 Å². The van der Waals surface area contributed by atoms with Crippen molar-refractivity contribution < 1.29 is 19.4 Å². The molecule has 1 fully saturated rings. The minimum Gasteiger partial charge on any atom is -0.507 e. The van der Waals surface area contributed by atoms with Gasteiger partial charge in [-0.1, -0.05) is 24.3 Å². The van der Waals surface area contributed by atoms with E-state index in [1.54, 1.807) is 60.7 Å². The van der Waals surface area contributed by atoms with E-state index in [9.17, 15) is 14.7 Å². The maximum atomic E-state index is 13.3. The summed E-state index contributed by atoms with van der Waals surface area (Å²) in [6.45, 7) is 7.71. The molecule has 3 aromatic carbocycles. The minimum atomic E-state index is -0.875. The third-order valence-corrected chi connectivity index (χ3v) is 6.04. The first-order valence-electron chi connectivity index (χ1n) is 11.4. The first kappa shape index (κ1) is 23.8. The molecule has 1 heterocycles. The van der Waals surface area contributed by atoms with Crippen molar-refractivity contribution in [2.45, 2.75) is 39.8 Å². The molecule has 1 N–H and O–H groups in total. The average molecular weight is 467 g/mol. The second-order valence-corrected chi connectivity index (χ2v) is 8.87. The Balaban J connectivity index is 1.93. The molecule has 0 aliphatic carbocycles. The van der Waals surface area contributed by atoms with Gasteiger partial charge >= 0.3 is 0 Å². The van der Waals surface area contributed by atoms with Crippen molar-refractivity contribution in [3.05, 3.63) is 100 Å². The predicted molar refractivity (Wildman–Crippen MR) is 134 cm³/mol. The van der Waals surface area contributed by atoms with Gasteiger partial charge < -0.3 is 9.84 Å². The van der Waals surface area contributed by atoms with E-state index < -0.39 is 17.7 Å². The van der Waals surface area contributed by atoms with Crippen molar-refractivity contribution in [3.63, 3.8) is 0 Å². The van der Waals surface area contributed by atoms with Gasteiger partial charge in [0.05, 0.1) is 29.4 Å². The summed E-state index contributed by atoms with van der Waals surface area (Å²) in [5.41, 5.74) is 3.98. The number of benzene rings is 3. The molecule has 4 rings (SSSR count). The molecule has 6 heteroatoms. The number of aryl methyl sites for hydroxylation is 2. The van der Waals surface area contributed by atoms with Gasteiger partial charge in [0.25, 0.3) is 11.7 Å². The second kappa shape index (κ2) is 9.47. The fraction of sp³-hybridized carbons (Fsp3) is 0.207. The van der Waals surface area contributed by atoms with E-state index in [0.717, 1.165) is 11.1 Å². The Hall–Kier alpha value is -4.37. The smallest absolute Gasteiger partial charge is 0.300 e. The summed E-state index contributed by atoms with van der Waals surface area (Å²) in [5, 5.41) is 20.5. The van der Waals surface area contributed by atoms with Gasteiger partial charge in [-0.05, 0) is 86.8 Å². The molecule has 1 atom stereocenters. The zero-order valence-electron chi connectivity index (χ0n) is 20.1. The lowest BCUT2D eigenvalue weighted by molar-refractivity contribution is -0.132. The van der Waals surface area contributed by atoms with Gasteiger partial charge in [-0.25, -0.2) is 0 Å². The maximum Gasteiger partial charge on any atom is 0.300 e. The molecule has 1 aliphatic rings. The largest absolute Gasteiger partial charge is 0.507 e. The molecule has 0 bridgehead atoms. The van der Waals surface area contributed by atoms with Crippen molar-refractivity contribution in [1.29, 1.82) is 5.26 Å². The summed E-state index contributed by atoms with van der Waals surface area (Å²) >= 11 is 0. The highest BCUT2D eigenvalue weighted by Crippen LogP contribution is 2.43. The monoisotopic (exact) mass is 466 g/mol. The molecule has 0 aromatic heterocycles. The molecular weight excluding hydrogens is 440 g/mol. The van der Waals surface area contributed by atoms with E-state index in [4.69, 9.17) is 10.00 Å². The average Bonchev–Trinajstić information content (AvgIpc) is 3.10. The molecule has 1 saturated heterocycles. The summed E-state index contributed by atoms with van der Waals surface area (Å²) in [7, 11) is 0. The molecule has 6 nitrogen and oxygen atoms in total. The number of aliphatic hydroxyl groups excluding tert-OH is 1. The van der Waals surface area contributed by atoms with Crippen molar-refractivity contribution >= 4 is 23.1 Å². The van der Waals surface area contributed by atoms with Crippen LogP contribution >= 0.6 is 0 Å². The number of nitriles is 1. The number of rotatable bonds is 5. The molecule has 0 saturated carbocycles. The standard InChI is InChI=1S/C29H26N2O4/c1-17(2)35-24-7-5-6-21(15-24)26-25(27(32)22-11-8-18(3)19(4)14-22)28(33)29(34)31(26)23-12-9-20(16-30)10-13-23/h5-15,17,26,32H,1-4H3/b27-25-. The highest BCUT2D eigenvalue weighted by molar-refractivity contribution is 6.51. The van der Waals surface area contributed by atoms with Crippen LogP contribution < -0.4 is 9.64 Å². The molecule has 1 aliphatic heterocycles. The molecule has 0 radical (unpaired) electrons. The van der Waals surface area contributed by atoms with Crippen LogP contribution in [0.3, 0.4) is 0 Å². The normalized spacial score (nSPS) is 17.0. The second-order valence-electron chi connectivity index (χ2n) is 8.87. The summed E-state index contributed by atoms with van der Waals surface area (Å²) in [5.74, 6) is -1.16. The first-order valence-corrected chi connectivity index (χ1v) is 11.4. The van der Waals surface area contributed by atoms with Crippen LogP contribution in [0.15, 0.2) is 72.3 Å². The zero-order chi connectivity index (χ0) is 25.3. The fourth-order valence-corrected chi connectivity index (χ4v) is 4.19. The van der Waals surface area contributed by atoms with Gasteiger partial charge in [0.1, 0.15) is 11.5 Å². The Bertz CT molecular complexity index is 1380. The van der Waals surface area contributed by atoms with Crippen LogP contribution in [0.25, 0.3) is 5.76 Å². The molecule has 1 amide bonds. The molecule has 0 spiro atoms. The lowest BCUT2D eigenvalue weighted by atomic mass is 9.94. The van der Waals surface area contributed by atoms with Gasteiger partial charge in [0, 0.05) is 11.3 Å². The SMILES string of the molecule is Cc1ccc(/C(O)=C2/C(=O)C(=O)N(c3ccc(C#N)cc3)C2c2cccc(OC(C)C)c2)cc1C. The fourth-order valence-electron chi connectivity index (χ4n) is 4.19. The van der Waals surface area contributed by atoms with Crippen LogP contribution in [-0.2, 0) is 9.59 Å². The number of carbonyl (C=O) groups is 2. The Morgan fingerprint density at radius 2 is 1.71 bits per heavy atom. The van der Waals surface area contributed by atoms with Crippen LogP contribution in [0.2, 0.25) is 0 Å². The number of anilines is 1. The number of nitrogens with zero attached hydrogens (tertiary/aromatic N) is 2. The van der Waals surface area contributed by atoms with Crippen LogP contribution in [0.4, 0.5) is 5.69 Å². The number of aliphatic hydroxyl groups is 1. The quantitative estimate of drug-likeness (QED) is 0.301. The topological polar surface area (TPSA) is 90.6 Å². The number of ether oxygens (including phenoxy) is 1. The van der Waals surface area contributed by atoms with Crippen LogP contribution in [-0.4, -0.2) is 22.9 Å². The number of amides is 1. The van der Waals surface area contributed by atoms with Gasteiger partial charge in [0.2, 0.25) is 0 Å². The molecule has 35 heavy (non-hydrogen) atoms. The first-order chi connectivity index (χ1) is 16.7. The Morgan fingerprint density at radius 1 is 1.00 bits per heavy atom. The lowest BCUT2D eigenvalue weighted by Gasteiger charge is -2.26. The highest BCUT2D eigenvalue weighted by atomic mass is 16.5. The molecule has 176 valence electrons. The van der Waals surface area contributed by atoms with Crippen LogP contribution in [0.1, 0.15) is 47.7 Å². The third kappa shape index (κ3) is 4.53. The van der Waals surface area contributed by atoms with Crippen molar-refractivity contribution in [2.24, 2.45) is 0 Å². The Labute approximate surface area is 204 Å². The summed E-state index contributed by atoms with van der Waals surface area (Å²) in [4.78, 5) is 28.0. The number of ketones is 1. The van der Waals surface area contributed by atoms with Gasteiger partial charge in [0.15, 0.2) is 0 Å². The molecule has 1 unspecified atom stereocenters. The van der Waals surface area contributed by atoms with E-state index in [1.165, 1.54) is 4.90 Å². The van der Waals surface area contributed by atoms with Crippen molar-refractivity contribution in [2.75, 3.05) is 4.90 Å². The molecular formula is C29H26N2O4. The number of hydrogen-bond donors (Lipinski definition) is 1.